The minimum atomic E-state index is -4.50. The molecule has 1 amide bonds. The lowest BCUT2D eigenvalue weighted by Gasteiger charge is -2.30. The number of halogens is 5. The van der Waals surface area contributed by atoms with Crippen LogP contribution in [0.15, 0.2) is 53.9 Å². The summed E-state index contributed by atoms with van der Waals surface area (Å²) in [5.41, 5.74) is -0.170. The van der Waals surface area contributed by atoms with Gasteiger partial charge in [0.25, 0.3) is 5.91 Å². The highest BCUT2D eigenvalue weighted by molar-refractivity contribution is 7.16. The highest BCUT2D eigenvalue weighted by atomic mass is 35.5. The van der Waals surface area contributed by atoms with E-state index in [4.69, 9.17) is 27.9 Å². The van der Waals surface area contributed by atoms with E-state index >= 15 is 0 Å². The fourth-order valence-corrected chi connectivity index (χ4v) is 4.41. The minimum absolute atomic E-state index is 0.0154. The maximum Gasteiger partial charge on any atom is 0.395 e. The summed E-state index contributed by atoms with van der Waals surface area (Å²) in [5.74, 6) is -3.90. The van der Waals surface area contributed by atoms with Crippen LogP contribution in [0.4, 0.5) is 13.2 Å². The van der Waals surface area contributed by atoms with Crippen LogP contribution >= 0.6 is 34.5 Å². The predicted molar refractivity (Wildman–Crippen MR) is 114 cm³/mol. The van der Waals surface area contributed by atoms with Gasteiger partial charge in [-0.15, -0.1) is 11.3 Å². The Morgan fingerprint density at radius 2 is 2.00 bits per heavy atom. The van der Waals surface area contributed by atoms with Gasteiger partial charge in [-0.2, -0.15) is 13.2 Å². The first-order valence-electron chi connectivity index (χ1n) is 9.22. The summed E-state index contributed by atoms with van der Waals surface area (Å²) in [6.07, 6.45) is -1.76. The molecule has 166 valence electrons. The molecule has 1 aliphatic rings. The Hall–Kier alpha value is -2.16. The number of carbonyl (C=O) groups excluding carboxylic acids is 1. The van der Waals surface area contributed by atoms with Crippen LogP contribution in [0, 0.1) is 11.8 Å². The summed E-state index contributed by atoms with van der Waals surface area (Å²) in [6, 6.07) is 7.45. The Morgan fingerprint density at radius 1 is 1.26 bits per heavy atom. The lowest BCUT2D eigenvalue weighted by Crippen LogP contribution is -2.37. The molecule has 31 heavy (non-hydrogen) atoms. The predicted octanol–water partition coefficient (Wildman–Crippen LogP) is 6.35. The van der Waals surface area contributed by atoms with Crippen molar-refractivity contribution < 1.29 is 27.8 Å². The molecule has 1 heterocycles. The van der Waals surface area contributed by atoms with E-state index in [1.54, 1.807) is 6.07 Å². The zero-order chi connectivity index (χ0) is 22.8. The molecule has 2 atom stereocenters. The molecule has 1 aromatic heterocycles. The van der Waals surface area contributed by atoms with Crippen molar-refractivity contribution in [1.82, 2.24) is 5.32 Å². The molecular formula is C21H18Cl2F3NO3S. The zero-order valence-corrected chi connectivity index (χ0v) is 18.5. The van der Waals surface area contributed by atoms with Gasteiger partial charge in [-0.1, -0.05) is 36.2 Å². The molecule has 2 N–H and O–H groups in total. The van der Waals surface area contributed by atoms with Crippen LogP contribution < -0.4 is 5.32 Å². The summed E-state index contributed by atoms with van der Waals surface area (Å²) in [5, 5.41) is 12.6. The standard InChI is InChI=1S/C21H18Cl2F3NO3S/c1-11-15(21(24,25)26)4-6-17(30-9-8-13-3-7-18(23)31-13)19(11)27-20(29)14-10-12(22)2-5-16(14)28/h2-7,10-11,15,28H,8-9H2,1H3,(H,27,29). The minimum Gasteiger partial charge on any atom is -0.507 e. The van der Waals surface area contributed by atoms with Crippen molar-refractivity contribution in [1.29, 1.82) is 0 Å². The molecule has 0 saturated heterocycles. The Balaban J connectivity index is 1.84. The number of amides is 1. The lowest BCUT2D eigenvalue weighted by atomic mass is 9.85. The SMILES string of the molecule is CC1C(NC(=O)c2cc(Cl)ccc2O)=C(OCCc2ccc(Cl)s2)C=CC1C(F)(F)F. The van der Waals surface area contributed by atoms with Crippen molar-refractivity contribution in [3.8, 4) is 5.75 Å². The third kappa shape index (κ3) is 5.75. The van der Waals surface area contributed by atoms with Gasteiger partial charge in [0, 0.05) is 22.2 Å². The molecular weight excluding hydrogens is 474 g/mol. The van der Waals surface area contributed by atoms with E-state index in [0.29, 0.717) is 10.8 Å². The van der Waals surface area contributed by atoms with E-state index in [2.05, 4.69) is 5.32 Å². The Kier molecular flexibility index (Phi) is 7.24. The van der Waals surface area contributed by atoms with E-state index in [1.165, 1.54) is 42.5 Å². The fraction of sp³-hybridized carbons (Fsp3) is 0.286. The van der Waals surface area contributed by atoms with Gasteiger partial charge < -0.3 is 15.2 Å². The molecule has 2 unspecified atom stereocenters. The first-order valence-corrected chi connectivity index (χ1v) is 10.8. The Morgan fingerprint density at radius 3 is 2.65 bits per heavy atom. The molecule has 10 heteroatoms. The van der Waals surface area contributed by atoms with Gasteiger partial charge in [0.1, 0.15) is 11.5 Å². The average Bonchev–Trinajstić information content (AvgIpc) is 3.10. The molecule has 0 bridgehead atoms. The van der Waals surface area contributed by atoms with Crippen molar-refractivity contribution in [3.05, 3.63) is 73.7 Å². The number of rotatable bonds is 6. The van der Waals surface area contributed by atoms with Crippen LogP contribution in [0.1, 0.15) is 22.2 Å². The smallest absolute Gasteiger partial charge is 0.395 e. The molecule has 0 saturated carbocycles. The molecule has 0 spiro atoms. The topological polar surface area (TPSA) is 58.6 Å². The molecule has 3 rings (SSSR count). The molecule has 1 aliphatic carbocycles. The monoisotopic (exact) mass is 491 g/mol. The molecule has 2 aromatic rings. The highest BCUT2D eigenvalue weighted by Gasteiger charge is 2.45. The second-order valence-corrected chi connectivity index (χ2v) is 9.15. The summed E-state index contributed by atoms with van der Waals surface area (Å²) in [4.78, 5) is 13.7. The molecule has 0 radical (unpaired) electrons. The molecule has 4 nitrogen and oxygen atoms in total. The number of aromatic hydroxyl groups is 1. The third-order valence-electron chi connectivity index (χ3n) is 4.78. The summed E-state index contributed by atoms with van der Waals surface area (Å²) in [6.45, 7) is 1.54. The molecule has 0 fully saturated rings. The molecule has 1 aromatic carbocycles. The quantitative estimate of drug-likeness (QED) is 0.495. The normalized spacial score (nSPS) is 18.9. The summed E-state index contributed by atoms with van der Waals surface area (Å²) >= 11 is 13.2. The van der Waals surface area contributed by atoms with Gasteiger partial charge >= 0.3 is 6.18 Å². The first kappa shape index (κ1) is 23.5. The van der Waals surface area contributed by atoms with Crippen molar-refractivity contribution in [2.45, 2.75) is 19.5 Å². The number of allylic oxidation sites excluding steroid dienone is 3. The Labute approximate surface area is 190 Å². The van der Waals surface area contributed by atoms with Gasteiger partial charge in [0.05, 0.1) is 28.1 Å². The van der Waals surface area contributed by atoms with Crippen LogP contribution in [0.2, 0.25) is 9.36 Å². The number of nitrogens with one attached hydrogen (secondary N) is 1. The largest absolute Gasteiger partial charge is 0.507 e. The third-order valence-corrected chi connectivity index (χ3v) is 6.30. The second-order valence-electron chi connectivity index (χ2n) is 6.91. The summed E-state index contributed by atoms with van der Waals surface area (Å²) < 4.78 is 46.7. The number of benzene rings is 1. The second kappa shape index (κ2) is 9.54. The Bertz CT molecular complexity index is 1030. The number of hydrogen-bond acceptors (Lipinski definition) is 4. The van der Waals surface area contributed by atoms with Crippen molar-refractivity contribution >= 4 is 40.4 Å². The van der Waals surface area contributed by atoms with Crippen molar-refractivity contribution in [2.24, 2.45) is 11.8 Å². The fourth-order valence-electron chi connectivity index (χ4n) is 3.17. The van der Waals surface area contributed by atoms with Gasteiger partial charge in [-0.3, -0.25) is 4.79 Å². The van der Waals surface area contributed by atoms with E-state index in [0.717, 1.165) is 11.0 Å². The summed E-state index contributed by atoms with van der Waals surface area (Å²) in [7, 11) is 0. The number of hydrogen-bond donors (Lipinski definition) is 2. The number of phenols is 1. The van der Waals surface area contributed by atoms with E-state index < -0.39 is 23.9 Å². The zero-order valence-electron chi connectivity index (χ0n) is 16.2. The first-order chi connectivity index (χ1) is 14.6. The number of carbonyl (C=O) groups is 1. The van der Waals surface area contributed by atoms with Crippen LogP contribution in [0.25, 0.3) is 0 Å². The van der Waals surface area contributed by atoms with E-state index in [9.17, 15) is 23.1 Å². The van der Waals surface area contributed by atoms with Crippen molar-refractivity contribution in [2.75, 3.05) is 6.61 Å². The van der Waals surface area contributed by atoms with E-state index in [1.807, 2.05) is 6.07 Å². The lowest BCUT2D eigenvalue weighted by molar-refractivity contribution is -0.170. The number of alkyl halides is 3. The van der Waals surface area contributed by atoms with Gasteiger partial charge in [0.2, 0.25) is 0 Å². The number of thiophene rings is 1. The van der Waals surface area contributed by atoms with Crippen molar-refractivity contribution in [3.63, 3.8) is 0 Å². The van der Waals surface area contributed by atoms with Crippen LogP contribution in [-0.2, 0) is 11.2 Å². The average molecular weight is 492 g/mol. The molecule has 0 aliphatic heterocycles. The van der Waals surface area contributed by atoms with Gasteiger partial charge in [0.15, 0.2) is 0 Å². The number of ether oxygens (including phenoxy) is 1. The number of phenolic OH excluding ortho intramolecular Hbond substituents is 1. The van der Waals surface area contributed by atoms with Crippen LogP contribution in [0.3, 0.4) is 0 Å². The maximum absolute atomic E-state index is 13.4. The van der Waals surface area contributed by atoms with E-state index in [-0.39, 0.29) is 34.4 Å². The van der Waals surface area contributed by atoms with Crippen LogP contribution in [0.5, 0.6) is 5.75 Å². The maximum atomic E-state index is 13.4. The van der Waals surface area contributed by atoms with Crippen LogP contribution in [-0.4, -0.2) is 23.8 Å². The van der Waals surface area contributed by atoms with Gasteiger partial charge in [-0.25, -0.2) is 0 Å². The highest BCUT2D eigenvalue weighted by Crippen LogP contribution is 2.40. The van der Waals surface area contributed by atoms with Gasteiger partial charge in [-0.05, 0) is 36.4 Å².